The van der Waals surface area contributed by atoms with Gasteiger partial charge in [0, 0.05) is 17.2 Å². The van der Waals surface area contributed by atoms with E-state index in [2.05, 4.69) is 16.7 Å². The molecule has 7 heteroatoms. The van der Waals surface area contributed by atoms with E-state index >= 15 is 0 Å². The first-order chi connectivity index (χ1) is 11.2. The highest BCUT2D eigenvalue weighted by Gasteiger charge is 2.18. The lowest BCUT2D eigenvalue weighted by atomic mass is 10.2. The Kier molecular flexibility index (Phi) is 5.53. The molecule has 1 saturated heterocycles. The van der Waals surface area contributed by atoms with Crippen molar-refractivity contribution in [1.29, 1.82) is 0 Å². The third-order valence-electron chi connectivity index (χ3n) is 3.37. The van der Waals surface area contributed by atoms with Crippen molar-refractivity contribution in [2.45, 2.75) is 10.7 Å². The molecule has 0 spiro atoms. The fourth-order valence-electron chi connectivity index (χ4n) is 2.26. The van der Waals surface area contributed by atoms with E-state index in [9.17, 15) is 9.90 Å². The number of hydrogen-bond acceptors (Lipinski definition) is 5. The average Bonchev–Trinajstić information content (AvgIpc) is 3.25. The van der Waals surface area contributed by atoms with E-state index < -0.39 is 6.10 Å². The number of carbonyl (C=O) groups is 1. The second-order valence-electron chi connectivity index (χ2n) is 5.07. The van der Waals surface area contributed by atoms with Crippen LogP contribution in [0.5, 0.6) is 0 Å². The molecule has 1 aromatic heterocycles. The van der Waals surface area contributed by atoms with Gasteiger partial charge in [-0.1, -0.05) is 12.1 Å². The molecule has 23 heavy (non-hydrogen) atoms. The highest BCUT2D eigenvalue weighted by molar-refractivity contribution is 8.19. The van der Waals surface area contributed by atoms with E-state index in [4.69, 9.17) is 4.42 Å². The van der Waals surface area contributed by atoms with Crippen molar-refractivity contribution >= 4 is 35.2 Å². The van der Waals surface area contributed by atoms with Crippen molar-refractivity contribution < 1.29 is 14.3 Å². The van der Waals surface area contributed by atoms with Crippen molar-refractivity contribution in [3.63, 3.8) is 0 Å². The predicted octanol–water partition coefficient (Wildman–Crippen LogP) is 3.61. The van der Waals surface area contributed by atoms with Crippen molar-refractivity contribution in [1.82, 2.24) is 5.32 Å². The molecule has 1 aliphatic rings. The number of anilines is 1. The second kappa shape index (κ2) is 7.81. The summed E-state index contributed by atoms with van der Waals surface area (Å²) in [5, 5.41) is 15.3. The minimum Gasteiger partial charge on any atom is -0.467 e. The van der Waals surface area contributed by atoms with Gasteiger partial charge < -0.3 is 20.2 Å². The molecule has 0 bridgehead atoms. The quantitative estimate of drug-likeness (QED) is 0.768. The lowest BCUT2D eigenvalue weighted by Gasteiger charge is -2.13. The normalized spacial score (nSPS) is 16.2. The summed E-state index contributed by atoms with van der Waals surface area (Å²) in [7, 11) is 0. The molecule has 0 radical (unpaired) electrons. The summed E-state index contributed by atoms with van der Waals surface area (Å²) in [4.78, 5) is 11.9. The molecule has 5 nitrogen and oxygen atoms in total. The maximum atomic E-state index is 11.9. The summed E-state index contributed by atoms with van der Waals surface area (Å²) in [5.41, 5.74) is 1.96. The van der Waals surface area contributed by atoms with Crippen molar-refractivity contribution in [3.8, 4) is 0 Å². The molecule has 122 valence electrons. The van der Waals surface area contributed by atoms with Crippen molar-refractivity contribution in [3.05, 3.63) is 54.0 Å². The zero-order chi connectivity index (χ0) is 16.1. The number of aliphatic hydroxyl groups is 1. The summed E-state index contributed by atoms with van der Waals surface area (Å²) in [6.07, 6.45) is 0.636. The van der Waals surface area contributed by atoms with Crippen LogP contribution >= 0.6 is 23.5 Å². The maximum Gasteiger partial charge on any atom is 0.319 e. The van der Waals surface area contributed by atoms with Gasteiger partial charge in [-0.05, 0) is 29.8 Å². The zero-order valence-electron chi connectivity index (χ0n) is 12.4. The van der Waals surface area contributed by atoms with Gasteiger partial charge in [0.25, 0.3) is 0 Å². The van der Waals surface area contributed by atoms with Gasteiger partial charge >= 0.3 is 6.03 Å². The number of rotatable bonds is 5. The Labute approximate surface area is 143 Å². The number of hydrogen-bond donors (Lipinski definition) is 3. The summed E-state index contributed by atoms with van der Waals surface area (Å²) in [6.45, 7) is 0.0906. The summed E-state index contributed by atoms with van der Waals surface area (Å²) < 4.78 is 5.54. The Bertz CT molecular complexity index is 643. The minimum absolute atomic E-state index is 0.0906. The van der Waals surface area contributed by atoms with Gasteiger partial charge in [-0.15, -0.1) is 23.5 Å². The van der Waals surface area contributed by atoms with E-state index in [1.54, 1.807) is 12.1 Å². The number of furan rings is 1. The van der Waals surface area contributed by atoms with E-state index in [0.717, 1.165) is 17.2 Å². The SMILES string of the molecule is O=C(NCC(O)c1ccco1)Nc1cccc(C2SCCS2)c1. The Morgan fingerprint density at radius 1 is 1.30 bits per heavy atom. The van der Waals surface area contributed by atoms with Crippen LogP contribution in [0.2, 0.25) is 0 Å². The van der Waals surface area contributed by atoms with Crippen LogP contribution in [0.25, 0.3) is 0 Å². The minimum atomic E-state index is -0.853. The molecule has 2 heterocycles. The van der Waals surface area contributed by atoms with Crippen molar-refractivity contribution in [2.75, 3.05) is 23.4 Å². The molecule has 3 rings (SSSR count). The molecule has 1 aromatic carbocycles. The van der Waals surface area contributed by atoms with E-state index in [1.165, 1.54) is 11.8 Å². The summed E-state index contributed by atoms with van der Waals surface area (Å²) >= 11 is 3.85. The maximum absolute atomic E-state index is 11.9. The third-order valence-corrected chi connectivity index (χ3v) is 6.47. The molecule has 0 aliphatic carbocycles. The van der Waals surface area contributed by atoms with Crippen LogP contribution in [0.4, 0.5) is 10.5 Å². The molecule has 1 atom stereocenters. The highest BCUT2D eigenvalue weighted by atomic mass is 32.2. The van der Waals surface area contributed by atoms with Gasteiger partial charge in [0.15, 0.2) is 0 Å². The van der Waals surface area contributed by atoms with Gasteiger partial charge in [-0.3, -0.25) is 0 Å². The number of benzene rings is 1. The molecular weight excluding hydrogens is 332 g/mol. The molecule has 1 unspecified atom stereocenters. The van der Waals surface area contributed by atoms with Gasteiger partial charge in [0.05, 0.1) is 17.4 Å². The predicted molar refractivity (Wildman–Crippen MR) is 94.8 cm³/mol. The van der Waals surface area contributed by atoms with Gasteiger partial charge in [-0.25, -0.2) is 4.79 Å². The van der Waals surface area contributed by atoms with Crippen LogP contribution in [0.1, 0.15) is 22.0 Å². The van der Waals surface area contributed by atoms with Crippen molar-refractivity contribution in [2.24, 2.45) is 0 Å². The van der Waals surface area contributed by atoms with E-state index in [-0.39, 0.29) is 12.6 Å². The monoisotopic (exact) mass is 350 g/mol. The Morgan fingerprint density at radius 2 is 2.13 bits per heavy atom. The largest absolute Gasteiger partial charge is 0.467 e. The Balaban J connectivity index is 1.52. The van der Waals surface area contributed by atoms with Crippen LogP contribution in [0.15, 0.2) is 47.1 Å². The average molecular weight is 350 g/mol. The molecular formula is C16H18N2O3S2. The van der Waals surface area contributed by atoms with Crippen LogP contribution < -0.4 is 10.6 Å². The molecule has 0 saturated carbocycles. The summed E-state index contributed by atoms with van der Waals surface area (Å²) in [6, 6.07) is 10.9. The number of urea groups is 1. The fourth-order valence-corrected chi connectivity index (χ4v) is 5.10. The van der Waals surface area contributed by atoms with Crippen LogP contribution in [-0.2, 0) is 0 Å². The van der Waals surface area contributed by atoms with Crippen LogP contribution in [0, 0.1) is 0 Å². The second-order valence-corrected chi connectivity index (χ2v) is 7.79. The smallest absolute Gasteiger partial charge is 0.319 e. The number of aliphatic hydroxyl groups excluding tert-OH is 1. The number of amides is 2. The van der Waals surface area contributed by atoms with Crippen LogP contribution in [-0.4, -0.2) is 29.2 Å². The van der Waals surface area contributed by atoms with Gasteiger partial charge in [0.2, 0.25) is 0 Å². The number of thioether (sulfide) groups is 2. The first-order valence-corrected chi connectivity index (χ1v) is 9.41. The Morgan fingerprint density at radius 3 is 2.87 bits per heavy atom. The first kappa shape index (κ1) is 16.3. The molecule has 2 aromatic rings. The van der Waals surface area contributed by atoms with Gasteiger partial charge in [-0.2, -0.15) is 0 Å². The highest BCUT2D eigenvalue weighted by Crippen LogP contribution is 2.45. The first-order valence-electron chi connectivity index (χ1n) is 7.32. The number of carbonyl (C=O) groups excluding carboxylic acids is 1. The lowest BCUT2D eigenvalue weighted by Crippen LogP contribution is -2.32. The van der Waals surface area contributed by atoms with E-state index in [0.29, 0.717) is 10.3 Å². The van der Waals surface area contributed by atoms with Gasteiger partial charge in [0.1, 0.15) is 11.9 Å². The molecule has 3 N–H and O–H groups in total. The summed E-state index contributed by atoms with van der Waals surface area (Å²) in [5.74, 6) is 2.76. The zero-order valence-corrected chi connectivity index (χ0v) is 14.0. The fraction of sp³-hybridized carbons (Fsp3) is 0.312. The standard InChI is InChI=1S/C16H18N2O3S2/c19-13(14-5-2-6-21-14)10-17-16(20)18-12-4-1-3-11(9-12)15-22-7-8-23-15/h1-6,9,13,15,19H,7-8,10H2,(H2,17,18,20). The molecule has 2 amide bonds. The molecule has 1 aliphatic heterocycles. The third kappa shape index (κ3) is 4.46. The molecule has 1 fully saturated rings. The number of nitrogens with one attached hydrogen (secondary N) is 2. The van der Waals surface area contributed by atoms with Crippen LogP contribution in [0.3, 0.4) is 0 Å². The topological polar surface area (TPSA) is 74.5 Å². The lowest BCUT2D eigenvalue weighted by molar-refractivity contribution is 0.149. The Hall–Kier alpha value is -1.57. The van der Waals surface area contributed by atoms with E-state index in [1.807, 2.05) is 41.7 Å².